The molecule has 0 aromatic heterocycles. The summed E-state index contributed by atoms with van der Waals surface area (Å²) in [5.41, 5.74) is 0. The Morgan fingerprint density at radius 1 is 1.37 bits per heavy atom. The molecule has 0 aliphatic carbocycles. The quantitative estimate of drug-likeness (QED) is 0.699. The van der Waals surface area contributed by atoms with E-state index in [0.717, 1.165) is 6.54 Å². The van der Waals surface area contributed by atoms with Gasteiger partial charge in [0.25, 0.3) is 0 Å². The van der Waals surface area contributed by atoms with Crippen molar-refractivity contribution >= 4 is 24.2 Å². The zero-order chi connectivity index (χ0) is 13.1. The van der Waals surface area contributed by atoms with Crippen molar-refractivity contribution in [3.05, 3.63) is 0 Å². The van der Waals surface area contributed by atoms with Gasteiger partial charge in [-0.1, -0.05) is 0 Å². The molecule has 0 spiro atoms. The number of hydrogen-bond acceptors (Lipinski definition) is 4. The van der Waals surface area contributed by atoms with Gasteiger partial charge in [0.15, 0.2) is 0 Å². The number of amides is 2. The molecule has 2 aliphatic rings. The van der Waals surface area contributed by atoms with Crippen LogP contribution >= 0.6 is 12.4 Å². The molecule has 6 nitrogen and oxygen atoms in total. The molecule has 2 heterocycles. The highest BCUT2D eigenvalue weighted by molar-refractivity contribution is 5.88. The van der Waals surface area contributed by atoms with Crippen LogP contribution in [0.1, 0.15) is 19.3 Å². The molecular weight excluding hydrogens is 270 g/mol. The fourth-order valence-corrected chi connectivity index (χ4v) is 2.45. The maximum Gasteiger partial charge on any atom is 0.240 e. The molecule has 0 saturated carbocycles. The number of nitrogens with zero attached hydrogens (tertiary/aromatic N) is 2. The van der Waals surface area contributed by atoms with E-state index in [1.807, 2.05) is 0 Å². The Morgan fingerprint density at radius 3 is 2.63 bits per heavy atom. The van der Waals surface area contributed by atoms with Crippen molar-refractivity contribution in [2.24, 2.45) is 0 Å². The van der Waals surface area contributed by atoms with Gasteiger partial charge in [0.1, 0.15) is 0 Å². The van der Waals surface area contributed by atoms with Crippen LogP contribution in [-0.4, -0.2) is 72.1 Å². The first-order chi connectivity index (χ1) is 8.58. The normalized spacial score (nSPS) is 25.2. The van der Waals surface area contributed by atoms with Crippen molar-refractivity contribution in [3.63, 3.8) is 0 Å². The second-order valence-electron chi connectivity index (χ2n) is 5.08. The predicted molar refractivity (Wildman–Crippen MR) is 73.1 cm³/mol. The first-order valence-electron chi connectivity index (χ1n) is 6.52. The second-order valence-corrected chi connectivity index (χ2v) is 5.08. The Balaban J connectivity index is 0.00000180. The van der Waals surface area contributed by atoms with Crippen LogP contribution in [0.2, 0.25) is 0 Å². The van der Waals surface area contributed by atoms with Crippen molar-refractivity contribution in [1.82, 2.24) is 15.1 Å². The number of aliphatic hydroxyl groups excluding tert-OH is 1. The minimum Gasteiger partial charge on any atom is -0.393 e. The lowest BCUT2D eigenvalue weighted by molar-refractivity contribution is -0.141. The Hall–Kier alpha value is -0.850. The monoisotopic (exact) mass is 291 g/mol. The summed E-state index contributed by atoms with van der Waals surface area (Å²) in [6.07, 6.45) is 1.21. The van der Waals surface area contributed by atoms with Crippen LogP contribution in [0.15, 0.2) is 0 Å². The summed E-state index contributed by atoms with van der Waals surface area (Å²) in [6.45, 7) is 2.62. The van der Waals surface area contributed by atoms with Gasteiger partial charge in [0.05, 0.1) is 18.6 Å². The van der Waals surface area contributed by atoms with E-state index in [-0.39, 0.29) is 42.8 Å². The van der Waals surface area contributed by atoms with Crippen LogP contribution in [0.5, 0.6) is 0 Å². The molecule has 7 heteroatoms. The van der Waals surface area contributed by atoms with E-state index in [9.17, 15) is 14.7 Å². The van der Waals surface area contributed by atoms with Crippen LogP contribution in [0.25, 0.3) is 0 Å². The summed E-state index contributed by atoms with van der Waals surface area (Å²) in [4.78, 5) is 27.3. The average molecular weight is 292 g/mol. The molecule has 2 aliphatic heterocycles. The van der Waals surface area contributed by atoms with Crippen LogP contribution in [0.3, 0.4) is 0 Å². The van der Waals surface area contributed by atoms with Gasteiger partial charge < -0.3 is 20.2 Å². The third kappa shape index (κ3) is 4.06. The fourth-order valence-electron chi connectivity index (χ4n) is 2.45. The van der Waals surface area contributed by atoms with Crippen molar-refractivity contribution in [2.45, 2.75) is 31.4 Å². The summed E-state index contributed by atoms with van der Waals surface area (Å²) < 4.78 is 0. The summed E-state index contributed by atoms with van der Waals surface area (Å²) in [7, 11) is 1.76. The van der Waals surface area contributed by atoms with Crippen LogP contribution < -0.4 is 5.32 Å². The third-order valence-corrected chi connectivity index (χ3v) is 3.71. The summed E-state index contributed by atoms with van der Waals surface area (Å²) >= 11 is 0. The molecule has 19 heavy (non-hydrogen) atoms. The van der Waals surface area contributed by atoms with Gasteiger partial charge in [-0.2, -0.15) is 0 Å². The molecule has 2 N–H and O–H groups in total. The number of piperazine rings is 1. The largest absolute Gasteiger partial charge is 0.393 e. The molecule has 1 unspecified atom stereocenters. The van der Waals surface area contributed by atoms with Crippen LogP contribution in [0, 0.1) is 0 Å². The lowest BCUT2D eigenvalue weighted by Gasteiger charge is -2.33. The highest BCUT2D eigenvalue weighted by Gasteiger charge is 2.30. The molecule has 1 atom stereocenters. The number of rotatable bonds is 2. The molecule has 0 radical (unpaired) electrons. The van der Waals surface area contributed by atoms with Gasteiger partial charge in [-0.25, -0.2) is 0 Å². The Bertz CT molecular complexity index is 332. The van der Waals surface area contributed by atoms with Crippen LogP contribution in [-0.2, 0) is 9.59 Å². The molecule has 2 saturated heterocycles. The van der Waals surface area contributed by atoms with E-state index in [2.05, 4.69) is 5.32 Å². The first-order valence-corrected chi connectivity index (χ1v) is 6.52. The van der Waals surface area contributed by atoms with E-state index < -0.39 is 0 Å². The van der Waals surface area contributed by atoms with E-state index >= 15 is 0 Å². The van der Waals surface area contributed by atoms with Gasteiger partial charge >= 0.3 is 0 Å². The smallest absolute Gasteiger partial charge is 0.240 e. The average Bonchev–Trinajstić information content (AvgIpc) is 2.36. The molecule has 0 bridgehead atoms. The number of hydrogen-bond donors (Lipinski definition) is 2. The van der Waals surface area contributed by atoms with Gasteiger partial charge in [-0.15, -0.1) is 12.4 Å². The first kappa shape index (κ1) is 16.2. The highest BCUT2D eigenvalue weighted by atomic mass is 35.5. The lowest BCUT2D eigenvalue weighted by Crippen LogP contribution is -2.55. The zero-order valence-electron chi connectivity index (χ0n) is 11.2. The molecular formula is C12H22ClN3O3. The SMILES string of the molecule is CN1CCNC(CC(=O)N2CCC(O)CC2)C1=O.Cl. The number of piperidine rings is 1. The van der Waals surface area contributed by atoms with Crippen molar-refractivity contribution < 1.29 is 14.7 Å². The number of aliphatic hydroxyl groups is 1. The Morgan fingerprint density at radius 2 is 2.00 bits per heavy atom. The van der Waals surface area contributed by atoms with Crippen molar-refractivity contribution in [1.29, 1.82) is 0 Å². The molecule has 2 fully saturated rings. The van der Waals surface area contributed by atoms with E-state index in [4.69, 9.17) is 0 Å². The van der Waals surface area contributed by atoms with Gasteiger partial charge in [0, 0.05) is 33.2 Å². The number of carbonyl (C=O) groups is 2. The minimum atomic E-state index is -0.386. The molecule has 0 aromatic rings. The summed E-state index contributed by atoms with van der Waals surface area (Å²) in [6, 6.07) is -0.386. The molecule has 2 amide bonds. The van der Waals surface area contributed by atoms with Gasteiger partial charge in [-0.05, 0) is 12.8 Å². The standard InChI is InChI=1S/C12H21N3O3.ClH/c1-14-7-4-13-10(12(14)18)8-11(17)15-5-2-9(16)3-6-15;/h9-10,13,16H,2-8H2,1H3;1H. The molecule has 2 rings (SSSR count). The summed E-state index contributed by atoms with van der Waals surface area (Å²) in [5.74, 6) is -0.00491. The third-order valence-electron chi connectivity index (χ3n) is 3.71. The second kappa shape index (κ2) is 7.07. The number of nitrogens with one attached hydrogen (secondary N) is 1. The van der Waals surface area contributed by atoms with E-state index in [1.54, 1.807) is 16.8 Å². The number of likely N-dealkylation sites (N-methyl/N-ethyl adjacent to an activating group) is 1. The van der Waals surface area contributed by atoms with Crippen molar-refractivity contribution in [2.75, 3.05) is 33.2 Å². The highest BCUT2D eigenvalue weighted by Crippen LogP contribution is 2.13. The van der Waals surface area contributed by atoms with Crippen molar-refractivity contribution in [3.8, 4) is 0 Å². The topological polar surface area (TPSA) is 72.9 Å². The summed E-state index contributed by atoms with van der Waals surface area (Å²) in [5, 5.41) is 12.5. The number of likely N-dealkylation sites (tertiary alicyclic amines) is 1. The van der Waals surface area contributed by atoms with Crippen LogP contribution in [0.4, 0.5) is 0 Å². The van der Waals surface area contributed by atoms with Gasteiger partial charge in [-0.3, -0.25) is 9.59 Å². The van der Waals surface area contributed by atoms with E-state index in [0.29, 0.717) is 32.5 Å². The van der Waals surface area contributed by atoms with E-state index in [1.165, 1.54) is 0 Å². The molecule has 0 aromatic carbocycles. The maximum atomic E-state index is 12.1. The Labute approximate surface area is 119 Å². The number of carbonyl (C=O) groups excluding carboxylic acids is 2. The minimum absolute atomic E-state index is 0. The zero-order valence-corrected chi connectivity index (χ0v) is 12.0. The Kier molecular flexibility index (Phi) is 6.03. The van der Waals surface area contributed by atoms with Gasteiger partial charge in [0.2, 0.25) is 11.8 Å². The maximum absolute atomic E-state index is 12.1. The predicted octanol–water partition coefficient (Wildman–Crippen LogP) is -0.788. The fraction of sp³-hybridized carbons (Fsp3) is 0.833. The lowest BCUT2D eigenvalue weighted by atomic mass is 10.1. The number of halogens is 1. The molecule has 110 valence electrons.